The number of esters is 1. The van der Waals surface area contributed by atoms with Crippen molar-refractivity contribution in [3.63, 3.8) is 0 Å². The van der Waals surface area contributed by atoms with Crippen LogP contribution in [-0.4, -0.2) is 19.2 Å². The van der Waals surface area contributed by atoms with E-state index in [1.54, 1.807) is 25.1 Å². The van der Waals surface area contributed by atoms with Crippen molar-refractivity contribution in [2.24, 2.45) is 0 Å². The van der Waals surface area contributed by atoms with Gasteiger partial charge in [0.05, 0.1) is 24.5 Å². The second-order valence-corrected chi connectivity index (χ2v) is 2.91. The standard InChI is InChI=1S/C11H15NO3/c1-3-14-10-6-5-8(7-9(10)12)11(13)15-4-2/h5-7H,3-4,12H2,1-2H3. The molecule has 0 unspecified atom stereocenters. The molecule has 82 valence electrons. The van der Waals surface area contributed by atoms with Gasteiger partial charge in [-0.3, -0.25) is 0 Å². The van der Waals surface area contributed by atoms with Crippen LogP contribution in [0.4, 0.5) is 5.69 Å². The zero-order valence-corrected chi connectivity index (χ0v) is 8.95. The van der Waals surface area contributed by atoms with E-state index in [-0.39, 0.29) is 5.97 Å². The number of nitrogen functional groups attached to an aromatic ring is 1. The SMILES string of the molecule is CCOC(=O)c1ccc(OCC)c(N)c1. The molecule has 0 radical (unpaired) electrons. The van der Waals surface area contributed by atoms with Gasteiger partial charge in [-0.25, -0.2) is 4.79 Å². The van der Waals surface area contributed by atoms with Gasteiger partial charge in [0.2, 0.25) is 0 Å². The summed E-state index contributed by atoms with van der Waals surface area (Å²) in [5.74, 6) is 0.220. The molecule has 4 heteroatoms. The van der Waals surface area contributed by atoms with E-state index in [2.05, 4.69) is 0 Å². The minimum Gasteiger partial charge on any atom is -0.492 e. The molecule has 0 aliphatic heterocycles. The van der Waals surface area contributed by atoms with Gasteiger partial charge in [0.25, 0.3) is 0 Å². The van der Waals surface area contributed by atoms with Crippen LogP contribution < -0.4 is 10.5 Å². The smallest absolute Gasteiger partial charge is 0.338 e. The molecule has 0 fully saturated rings. The van der Waals surface area contributed by atoms with Gasteiger partial charge < -0.3 is 15.2 Å². The Balaban J connectivity index is 2.86. The van der Waals surface area contributed by atoms with Crippen molar-refractivity contribution in [1.29, 1.82) is 0 Å². The molecular weight excluding hydrogens is 194 g/mol. The van der Waals surface area contributed by atoms with Crippen molar-refractivity contribution in [2.45, 2.75) is 13.8 Å². The molecule has 15 heavy (non-hydrogen) atoms. The summed E-state index contributed by atoms with van der Waals surface area (Å²) >= 11 is 0. The third kappa shape index (κ3) is 2.87. The van der Waals surface area contributed by atoms with Gasteiger partial charge in [-0.1, -0.05) is 0 Å². The number of carbonyl (C=O) groups excluding carboxylic acids is 1. The van der Waals surface area contributed by atoms with E-state index < -0.39 is 0 Å². The van der Waals surface area contributed by atoms with Crippen molar-refractivity contribution >= 4 is 11.7 Å². The van der Waals surface area contributed by atoms with Crippen LogP contribution in [0.5, 0.6) is 5.75 Å². The molecule has 0 heterocycles. The van der Waals surface area contributed by atoms with Crippen molar-refractivity contribution in [3.8, 4) is 5.75 Å². The molecule has 0 bridgehead atoms. The highest BCUT2D eigenvalue weighted by Gasteiger charge is 2.08. The first-order chi connectivity index (χ1) is 7.19. The van der Waals surface area contributed by atoms with Crippen LogP contribution in [0.15, 0.2) is 18.2 Å². The quantitative estimate of drug-likeness (QED) is 0.607. The lowest BCUT2D eigenvalue weighted by atomic mass is 10.2. The Bertz CT molecular complexity index is 350. The number of carbonyl (C=O) groups is 1. The second kappa shape index (κ2) is 5.24. The lowest BCUT2D eigenvalue weighted by Crippen LogP contribution is -2.06. The zero-order valence-electron chi connectivity index (χ0n) is 8.95. The third-order valence-electron chi connectivity index (χ3n) is 1.82. The minimum absolute atomic E-state index is 0.353. The van der Waals surface area contributed by atoms with E-state index in [1.807, 2.05) is 6.92 Å². The first-order valence-electron chi connectivity index (χ1n) is 4.88. The number of hydrogen-bond acceptors (Lipinski definition) is 4. The summed E-state index contributed by atoms with van der Waals surface area (Å²) in [7, 11) is 0. The Kier molecular flexibility index (Phi) is 3.97. The summed E-state index contributed by atoms with van der Waals surface area (Å²) < 4.78 is 10.1. The summed E-state index contributed by atoms with van der Waals surface area (Å²) in [5, 5.41) is 0. The number of ether oxygens (including phenoxy) is 2. The highest BCUT2D eigenvalue weighted by molar-refractivity contribution is 5.91. The highest BCUT2D eigenvalue weighted by Crippen LogP contribution is 2.22. The van der Waals surface area contributed by atoms with Crippen molar-refractivity contribution in [1.82, 2.24) is 0 Å². The van der Waals surface area contributed by atoms with E-state index in [0.717, 1.165) is 0 Å². The van der Waals surface area contributed by atoms with Crippen LogP contribution in [0.2, 0.25) is 0 Å². The maximum Gasteiger partial charge on any atom is 0.338 e. The number of nitrogens with two attached hydrogens (primary N) is 1. The van der Waals surface area contributed by atoms with Crippen molar-refractivity contribution < 1.29 is 14.3 Å². The molecule has 1 aromatic rings. The molecule has 2 N–H and O–H groups in total. The number of hydrogen-bond donors (Lipinski definition) is 1. The van der Waals surface area contributed by atoms with Gasteiger partial charge >= 0.3 is 5.97 Å². The van der Waals surface area contributed by atoms with Gasteiger partial charge in [-0.2, -0.15) is 0 Å². The van der Waals surface area contributed by atoms with Gasteiger partial charge in [0.1, 0.15) is 5.75 Å². The summed E-state index contributed by atoms with van der Waals surface area (Å²) in [5.41, 5.74) is 6.60. The van der Waals surface area contributed by atoms with Gasteiger partial charge in [-0.05, 0) is 32.0 Å². The number of rotatable bonds is 4. The van der Waals surface area contributed by atoms with Crippen LogP contribution in [-0.2, 0) is 4.74 Å². The molecule has 0 aliphatic carbocycles. The van der Waals surface area contributed by atoms with E-state index in [9.17, 15) is 4.79 Å². The van der Waals surface area contributed by atoms with E-state index in [1.165, 1.54) is 0 Å². The van der Waals surface area contributed by atoms with Crippen LogP contribution in [0.25, 0.3) is 0 Å². The van der Waals surface area contributed by atoms with E-state index in [4.69, 9.17) is 15.2 Å². The Morgan fingerprint density at radius 2 is 2.07 bits per heavy atom. The Morgan fingerprint density at radius 3 is 2.60 bits per heavy atom. The lowest BCUT2D eigenvalue weighted by Gasteiger charge is -2.08. The Morgan fingerprint density at radius 1 is 1.33 bits per heavy atom. The molecule has 1 aromatic carbocycles. The first kappa shape index (κ1) is 11.4. The third-order valence-corrected chi connectivity index (χ3v) is 1.82. The van der Waals surface area contributed by atoms with Crippen molar-refractivity contribution in [2.75, 3.05) is 18.9 Å². The van der Waals surface area contributed by atoms with Gasteiger partial charge in [0, 0.05) is 0 Å². The maximum atomic E-state index is 11.3. The van der Waals surface area contributed by atoms with Crippen LogP contribution >= 0.6 is 0 Å². The normalized spacial score (nSPS) is 9.73. The molecule has 0 spiro atoms. The van der Waals surface area contributed by atoms with E-state index >= 15 is 0 Å². The summed E-state index contributed by atoms with van der Waals surface area (Å²) in [4.78, 5) is 11.3. The minimum atomic E-state index is -0.368. The van der Waals surface area contributed by atoms with E-state index in [0.29, 0.717) is 30.2 Å². The molecule has 4 nitrogen and oxygen atoms in total. The fourth-order valence-corrected chi connectivity index (χ4v) is 1.18. The molecule has 1 rings (SSSR count). The predicted molar refractivity (Wildman–Crippen MR) is 58.0 cm³/mol. The molecular formula is C11H15NO3. The topological polar surface area (TPSA) is 61.5 Å². The largest absolute Gasteiger partial charge is 0.492 e. The van der Waals surface area contributed by atoms with Crippen molar-refractivity contribution in [3.05, 3.63) is 23.8 Å². The maximum absolute atomic E-state index is 11.3. The summed E-state index contributed by atoms with van der Waals surface area (Å²) in [6, 6.07) is 4.87. The average Bonchev–Trinajstić information content (AvgIpc) is 2.21. The predicted octanol–water partition coefficient (Wildman–Crippen LogP) is 1.84. The molecule has 0 aromatic heterocycles. The second-order valence-electron chi connectivity index (χ2n) is 2.91. The fourth-order valence-electron chi connectivity index (χ4n) is 1.18. The van der Waals surface area contributed by atoms with Crippen LogP contribution in [0, 0.1) is 0 Å². The van der Waals surface area contributed by atoms with Crippen LogP contribution in [0.3, 0.4) is 0 Å². The zero-order chi connectivity index (χ0) is 11.3. The average molecular weight is 209 g/mol. The van der Waals surface area contributed by atoms with Gasteiger partial charge in [0.15, 0.2) is 0 Å². The molecule has 0 amide bonds. The van der Waals surface area contributed by atoms with Crippen LogP contribution in [0.1, 0.15) is 24.2 Å². The summed E-state index contributed by atoms with van der Waals surface area (Å²) in [6.07, 6.45) is 0. The summed E-state index contributed by atoms with van der Waals surface area (Å²) in [6.45, 7) is 4.53. The highest BCUT2D eigenvalue weighted by atomic mass is 16.5. The Labute approximate surface area is 89.0 Å². The molecule has 0 saturated heterocycles. The number of anilines is 1. The molecule has 0 saturated carbocycles. The van der Waals surface area contributed by atoms with Gasteiger partial charge in [-0.15, -0.1) is 0 Å². The molecule has 0 aliphatic rings. The Hall–Kier alpha value is -1.71. The molecule has 0 atom stereocenters. The monoisotopic (exact) mass is 209 g/mol. The first-order valence-corrected chi connectivity index (χ1v) is 4.88. The fraction of sp³-hybridized carbons (Fsp3) is 0.364. The lowest BCUT2D eigenvalue weighted by molar-refractivity contribution is 0.0526. The number of benzene rings is 1.